The molecule has 1 fully saturated rings. The summed E-state index contributed by atoms with van der Waals surface area (Å²) in [6.07, 6.45) is 2.96. The standard InChI is InChI=1S/C12H14N2O2/c15-11-6-3-7-12(11,16)14-8-13-9-4-1-2-5-10(9)14/h1-2,4-5,8,11,15-16H,3,6-7H2. The molecule has 0 saturated heterocycles. The molecule has 0 spiro atoms. The summed E-state index contributed by atoms with van der Waals surface area (Å²) >= 11 is 0. The Morgan fingerprint density at radius 3 is 2.94 bits per heavy atom. The van der Waals surface area contributed by atoms with Gasteiger partial charge in [0.1, 0.15) is 6.10 Å². The van der Waals surface area contributed by atoms with E-state index in [1.807, 2.05) is 24.3 Å². The molecule has 0 radical (unpaired) electrons. The minimum Gasteiger partial charge on any atom is -0.388 e. The maximum atomic E-state index is 10.5. The van der Waals surface area contributed by atoms with Crippen molar-refractivity contribution in [2.75, 3.05) is 0 Å². The van der Waals surface area contributed by atoms with E-state index >= 15 is 0 Å². The molecule has 2 aromatic rings. The predicted molar refractivity (Wildman–Crippen MR) is 59.8 cm³/mol. The van der Waals surface area contributed by atoms with Gasteiger partial charge < -0.3 is 10.2 Å². The zero-order chi connectivity index (χ0) is 11.2. The van der Waals surface area contributed by atoms with Gasteiger partial charge in [0, 0.05) is 0 Å². The number of fused-ring (bicyclic) bond motifs is 1. The largest absolute Gasteiger partial charge is 0.388 e. The van der Waals surface area contributed by atoms with Crippen LogP contribution in [0, 0.1) is 0 Å². The molecular formula is C12H14N2O2. The van der Waals surface area contributed by atoms with Crippen molar-refractivity contribution in [3.63, 3.8) is 0 Å². The van der Waals surface area contributed by atoms with E-state index in [0.29, 0.717) is 12.8 Å². The van der Waals surface area contributed by atoms with E-state index in [9.17, 15) is 10.2 Å². The summed E-state index contributed by atoms with van der Waals surface area (Å²) in [7, 11) is 0. The summed E-state index contributed by atoms with van der Waals surface area (Å²) in [4.78, 5) is 4.23. The van der Waals surface area contributed by atoms with Crippen molar-refractivity contribution in [3.05, 3.63) is 30.6 Å². The van der Waals surface area contributed by atoms with Crippen molar-refractivity contribution in [1.82, 2.24) is 9.55 Å². The molecular weight excluding hydrogens is 204 g/mol. The fourth-order valence-corrected chi connectivity index (χ4v) is 2.50. The molecule has 1 aliphatic carbocycles. The van der Waals surface area contributed by atoms with E-state index in [2.05, 4.69) is 4.98 Å². The summed E-state index contributed by atoms with van der Waals surface area (Å²) in [5, 5.41) is 20.4. The van der Waals surface area contributed by atoms with Gasteiger partial charge in [-0.25, -0.2) is 4.98 Å². The highest BCUT2D eigenvalue weighted by atomic mass is 16.4. The molecule has 1 heterocycles. The first-order valence-electron chi connectivity index (χ1n) is 5.55. The fraction of sp³-hybridized carbons (Fsp3) is 0.417. The van der Waals surface area contributed by atoms with E-state index in [4.69, 9.17) is 0 Å². The monoisotopic (exact) mass is 218 g/mol. The lowest BCUT2D eigenvalue weighted by Crippen LogP contribution is -2.40. The molecule has 84 valence electrons. The zero-order valence-corrected chi connectivity index (χ0v) is 8.87. The van der Waals surface area contributed by atoms with Crippen molar-refractivity contribution in [1.29, 1.82) is 0 Å². The van der Waals surface area contributed by atoms with Crippen LogP contribution in [0.25, 0.3) is 11.0 Å². The quantitative estimate of drug-likeness (QED) is 0.756. The van der Waals surface area contributed by atoms with E-state index in [-0.39, 0.29) is 0 Å². The van der Waals surface area contributed by atoms with Crippen LogP contribution in [0.3, 0.4) is 0 Å². The third kappa shape index (κ3) is 1.20. The Balaban J connectivity index is 2.19. The normalized spacial score (nSPS) is 30.0. The molecule has 1 aliphatic rings. The van der Waals surface area contributed by atoms with Crippen LogP contribution in [0.2, 0.25) is 0 Å². The van der Waals surface area contributed by atoms with Gasteiger partial charge in [-0.2, -0.15) is 0 Å². The number of aromatic nitrogens is 2. The topological polar surface area (TPSA) is 58.3 Å². The third-order valence-corrected chi connectivity index (χ3v) is 3.43. The van der Waals surface area contributed by atoms with Crippen LogP contribution in [-0.4, -0.2) is 25.9 Å². The Hall–Kier alpha value is -1.39. The van der Waals surface area contributed by atoms with Crippen molar-refractivity contribution in [2.45, 2.75) is 31.1 Å². The molecule has 1 aromatic heterocycles. The number of imidazole rings is 1. The van der Waals surface area contributed by atoms with Crippen LogP contribution in [0.1, 0.15) is 19.3 Å². The van der Waals surface area contributed by atoms with E-state index in [0.717, 1.165) is 17.5 Å². The molecule has 1 aromatic carbocycles. The van der Waals surface area contributed by atoms with Crippen molar-refractivity contribution >= 4 is 11.0 Å². The van der Waals surface area contributed by atoms with Gasteiger partial charge in [-0.05, 0) is 31.4 Å². The second kappa shape index (κ2) is 3.30. The molecule has 2 N–H and O–H groups in total. The second-order valence-corrected chi connectivity index (χ2v) is 4.39. The summed E-state index contributed by atoms with van der Waals surface area (Å²) in [5.41, 5.74) is 0.525. The third-order valence-electron chi connectivity index (χ3n) is 3.43. The lowest BCUT2D eigenvalue weighted by molar-refractivity contribution is -0.112. The molecule has 1 saturated carbocycles. The van der Waals surface area contributed by atoms with Crippen LogP contribution in [0.5, 0.6) is 0 Å². The molecule has 16 heavy (non-hydrogen) atoms. The highest BCUT2D eigenvalue weighted by Gasteiger charge is 2.42. The Bertz CT molecular complexity index is 522. The van der Waals surface area contributed by atoms with Gasteiger partial charge in [-0.15, -0.1) is 0 Å². The average Bonchev–Trinajstić information content (AvgIpc) is 2.85. The summed E-state index contributed by atoms with van der Waals surface area (Å²) in [6.45, 7) is 0. The zero-order valence-electron chi connectivity index (χ0n) is 8.87. The number of rotatable bonds is 1. The van der Waals surface area contributed by atoms with Crippen molar-refractivity contribution in [3.8, 4) is 0 Å². The molecule has 0 amide bonds. The maximum absolute atomic E-state index is 10.5. The van der Waals surface area contributed by atoms with Crippen molar-refractivity contribution < 1.29 is 10.2 Å². The number of hydrogen-bond donors (Lipinski definition) is 2. The lowest BCUT2D eigenvalue weighted by atomic mass is 10.1. The van der Waals surface area contributed by atoms with Gasteiger partial charge in [-0.3, -0.25) is 4.57 Å². The highest BCUT2D eigenvalue weighted by Crippen LogP contribution is 2.36. The minimum absolute atomic E-state index is 0.578. The van der Waals surface area contributed by atoms with Crippen LogP contribution in [-0.2, 0) is 5.72 Å². The molecule has 0 bridgehead atoms. The van der Waals surface area contributed by atoms with Crippen LogP contribution in [0.15, 0.2) is 30.6 Å². The first kappa shape index (κ1) is 9.81. The molecule has 2 unspecified atom stereocenters. The van der Waals surface area contributed by atoms with Crippen LogP contribution < -0.4 is 0 Å². The Morgan fingerprint density at radius 1 is 1.38 bits per heavy atom. The summed E-state index contributed by atoms with van der Waals surface area (Å²) < 4.78 is 1.69. The fourth-order valence-electron chi connectivity index (χ4n) is 2.50. The van der Waals surface area contributed by atoms with Gasteiger partial charge in [0.15, 0.2) is 5.72 Å². The summed E-state index contributed by atoms with van der Waals surface area (Å²) in [6, 6.07) is 7.63. The number of para-hydroxylation sites is 2. The second-order valence-electron chi connectivity index (χ2n) is 4.39. The molecule has 4 heteroatoms. The SMILES string of the molecule is OC1CCCC1(O)n1cnc2ccccc21. The predicted octanol–water partition coefficient (Wildman–Crippen LogP) is 1.23. The van der Waals surface area contributed by atoms with Crippen LogP contribution >= 0.6 is 0 Å². The maximum Gasteiger partial charge on any atom is 0.169 e. The first-order chi connectivity index (χ1) is 7.72. The average molecular weight is 218 g/mol. The highest BCUT2D eigenvalue weighted by molar-refractivity contribution is 5.75. The molecule has 4 nitrogen and oxygen atoms in total. The number of benzene rings is 1. The molecule has 3 rings (SSSR count). The summed E-state index contributed by atoms with van der Waals surface area (Å²) in [5.74, 6) is 0. The smallest absolute Gasteiger partial charge is 0.169 e. The van der Waals surface area contributed by atoms with Gasteiger partial charge >= 0.3 is 0 Å². The van der Waals surface area contributed by atoms with Gasteiger partial charge in [0.05, 0.1) is 17.4 Å². The van der Waals surface area contributed by atoms with Gasteiger partial charge in [0.25, 0.3) is 0 Å². The van der Waals surface area contributed by atoms with E-state index in [1.54, 1.807) is 10.9 Å². The van der Waals surface area contributed by atoms with Gasteiger partial charge in [0.2, 0.25) is 0 Å². The lowest BCUT2D eigenvalue weighted by Gasteiger charge is -2.28. The first-order valence-corrected chi connectivity index (χ1v) is 5.55. The number of aliphatic hydroxyl groups excluding tert-OH is 1. The Morgan fingerprint density at radius 2 is 2.19 bits per heavy atom. The van der Waals surface area contributed by atoms with E-state index < -0.39 is 11.8 Å². The number of hydrogen-bond acceptors (Lipinski definition) is 3. The van der Waals surface area contributed by atoms with E-state index in [1.165, 1.54) is 0 Å². The number of nitrogens with zero attached hydrogens (tertiary/aromatic N) is 2. The molecule has 2 atom stereocenters. The molecule has 0 aliphatic heterocycles. The minimum atomic E-state index is -1.18. The Labute approximate surface area is 93.2 Å². The number of aliphatic hydroxyl groups is 2. The van der Waals surface area contributed by atoms with Gasteiger partial charge in [-0.1, -0.05) is 12.1 Å². The van der Waals surface area contributed by atoms with Crippen LogP contribution in [0.4, 0.5) is 0 Å². The van der Waals surface area contributed by atoms with Crippen molar-refractivity contribution in [2.24, 2.45) is 0 Å². The Kier molecular flexibility index (Phi) is 2.02.